The van der Waals surface area contributed by atoms with Crippen molar-refractivity contribution in [2.24, 2.45) is 5.92 Å². The molecule has 1 aromatic rings. The number of carbonyl (C=O) groups is 3. The summed E-state index contributed by atoms with van der Waals surface area (Å²) in [6.07, 6.45) is -0.552. The summed E-state index contributed by atoms with van der Waals surface area (Å²) in [6, 6.07) is 9.17. The van der Waals surface area contributed by atoms with E-state index >= 15 is 0 Å². The second-order valence-electron chi connectivity index (χ2n) is 7.31. The van der Waals surface area contributed by atoms with Crippen LogP contribution in [-0.4, -0.2) is 48.2 Å². The van der Waals surface area contributed by atoms with E-state index in [4.69, 9.17) is 14.2 Å². The highest BCUT2D eigenvalue weighted by atomic mass is 16.6. The molecular weight excluding hydrogens is 338 g/mol. The number of likely N-dealkylation sites (N-methyl/N-ethyl adjacent to an activating group) is 1. The standard InChI is InChI=1S/C19H25NO6/c1-18(2,3)26-17(23)20(4)19(11-14(19)15(21)24-5)16(22)25-12-13-9-7-6-8-10-13/h6-10,14H,11-12H2,1-5H3. The van der Waals surface area contributed by atoms with E-state index in [-0.39, 0.29) is 13.0 Å². The Morgan fingerprint density at radius 1 is 1.19 bits per heavy atom. The maximum atomic E-state index is 12.8. The predicted molar refractivity (Wildman–Crippen MR) is 93.1 cm³/mol. The fraction of sp³-hybridized carbons (Fsp3) is 0.526. The van der Waals surface area contributed by atoms with Crippen molar-refractivity contribution in [3.05, 3.63) is 35.9 Å². The number of benzene rings is 1. The summed E-state index contributed by atoms with van der Waals surface area (Å²) in [4.78, 5) is 38.3. The number of hydrogen-bond donors (Lipinski definition) is 0. The molecule has 7 heteroatoms. The first kappa shape index (κ1) is 19.8. The Bertz CT molecular complexity index is 681. The van der Waals surface area contributed by atoms with Crippen LogP contribution in [0.1, 0.15) is 32.8 Å². The van der Waals surface area contributed by atoms with Crippen molar-refractivity contribution in [2.75, 3.05) is 14.2 Å². The highest BCUT2D eigenvalue weighted by Crippen LogP contribution is 2.50. The summed E-state index contributed by atoms with van der Waals surface area (Å²) >= 11 is 0. The zero-order valence-corrected chi connectivity index (χ0v) is 15.8. The van der Waals surface area contributed by atoms with Crippen molar-refractivity contribution in [1.29, 1.82) is 0 Å². The average molecular weight is 363 g/mol. The quantitative estimate of drug-likeness (QED) is 0.591. The van der Waals surface area contributed by atoms with Crippen LogP contribution in [0, 0.1) is 5.92 Å². The van der Waals surface area contributed by atoms with E-state index in [0.717, 1.165) is 10.5 Å². The molecule has 26 heavy (non-hydrogen) atoms. The monoisotopic (exact) mass is 363 g/mol. The van der Waals surface area contributed by atoms with E-state index in [9.17, 15) is 14.4 Å². The maximum Gasteiger partial charge on any atom is 0.411 e. The van der Waals surface area contributed by atoms with E-state index in [1.165, 1.54) is 14.2 Å². The number of methoxy groups -OCH3 is 1. The van der Waals surface area contributed by atoms with Crippen molar-refractivity contribution in [3.8, 4) is 0 Å². The first-order chi connectivity index (χ1) is 12.1. The Labute approximate surface area is 153 Å². The fourth-order valence-corrected chi connectivity index (χ4v) is 2.75. The third-order valence-corrected chi connectivity index (χ3v) is 4.25. The van der Waals surface area contributed by atoms with Crippen LogP contribution in [0.4, 0.5) is 4.79 Å². The zero-order chi connectivity index (χ0) is 19.5. The van der Waals surface area contributed by atoms with Gasteiger partial charge in [0.1, 0.15) is 12.2 Å². The van der Waals surface area contributed by atoms with Crippen LogP contribution in [0.15, 0.2) is 30.3 Å². The minimum absolute atomic E-state index is 0.0531. The molecule has 0 aromatic heterocycles. The van der Waals surface area contributed by atoms with Gasteiger partial charge in [0, 0.05) is 7.05 Å². The molecule has 0 bridgehead atoms. The lowest BCUT2D eigenvalue weighted by Crippen LogP contribution is -2.49. The Hall–Kier alpha value is -2.57. The van der Waals surface area contributed by atoms with E-state index in [0.29, 0.717) is 0 Å². The molecule has 1 saturated carbocycles. The summed E-state index contributed by atoms with van der Waals surface area (Å²) in [5, 5.41) is 0. The SMILES string of the molecule is COC(=O)C1CC1(C(=O)OCc1ccccc1)N(C)C(=O)OC(C)(C)C. The molecule has 2 unspecified atom stereocenters. The number of esters is 2. The second kappa shape index (κ2) is 7.35. The maximum absolute atomic E-state index is 12.8. The van der Waals surface area contributed by atoms with Crippen LogP contribution in [0.25, 0.3) is 0 Å². The minimum atomic E-state index is -1.40. The molecule has 1 aliphatic rings. The number of rotatable bonds is 5. The molecule has 0 heterocycles. The predicted octanol–water partition coefficient (Wildman–Crippen LogP) is 2.53. The van der Waals surface area contributed by atoms with E-state index in [1.54, 1.807) is 20.8 Å². The Morgan fingerprint density at radius 2 is 1.81 bits per heavy atom. The Balaban J connectivity index is 2.16. The number of nitrogens with zero attached hydrogens (tertiary/aromatic N) is 1. The van der Waals surface area contributed by atoms with Crippen LogP contribution < -0.4 is 0 Å². The first-order valence-electron chi connectivity index (χ1n) is 8.37. The van der Waals surface area contributed by atoms with Gasteiger partial charge in [0.05, 0.1) is 13.0 Å². The second-order valence-corrected chi connectivity index (χ2v) is 7.31. The van der Waals surface area contributed by atoms with Crippen molar-refractivity contribution in [3.63, 3.8) is 0 Å². The van der Waals surface area contributed by atoms with Gasteiger partial charge in [0.15, 0.2) is 5.54 Å². The van der Waals surface area contributed by atoms with Crippen LogP contribution in [0.5, 0.6) is 0 Å². The number of carbonyl (C=O) groups excluding carboxylic acids is 3. The summed E-state index contributed by atoms with van der Waals surface area (Å²) in [6.45, 7) is 5.23. The molecular formula is C19H25NO6. The number of hydrogen-bond acceptors (Lipinski definition) is 6. The van der Waals surface area contributed by atoms with E-state index in [1.807, 2.05) is 30.3 Å². The molecule has 0 spiro atoms. The van der Waals surface area contributed by atoms with E-state index in [2.05, 4.69) is 0 Å². The van der Waals surface area contributed by atoms with Gasteiger partial charge in [-0.3, -0.25) is 9.69 Å². The smallest absolute Gasteiger partial charge is 0.411 e. The lowest BCUT2D eigenvalue weighted by atomic mass is 10.1. The third-order valence-electron chi connectivity index (χ3n) is 4.25. The molecule has 0 radical (unpaired) electrons. The van der Waals surface area contributed by atoms with Gasteiger partial charge < -0.3 is 14.2 Å². The largest absolute Gasteiger partial charge is 0.469 e. The van der Waals surface area contributed by atoms with Gasteiger partial charge in [-0.1, -0.05) is 30.3 Å². The highest BCUT2D eigenvalue weighted by Gasteiger charge is 2.70. The molecule has 1 fully saturated rings. The topological polar surface area (TPSA) is 82.1 Å². The van der Waals surface area contributed by atoms with Gasteiger partial charge in [-0.05, 0) is 32.8 Å². The van der Waals surface area contributed by atoms with Crippen molar-refractivity contribution >= 4 is 18.0 Å². The Morgan fingerprint density at radius 3 is 2.35 bits per heavy atom. The van der Waals surface area contributed by atoms with Crippen molar-refractivity contribution in [2.45, 2.75) is 44.9 Å². The molecule has 1 aromatic carbocycles. The van der Waals surface area contributed by atoms with Crippen molar-refractivity contribution in [1.82, 2.24) is 4.90 Å². The van der Waals surface area contributed by atoms with E-state index < -0.39 is 35.1 Å². The lowest BCUT2D eigenvalue weighted by molar-refractivity contribution is -0.157. The molecule has 0 N–H and O–H groups in total. The Kier molecular flexibility index (Phi) is 5.59. The van der Waals surface area contributed by atoms with Gasteiger partial charge >= 0.3 is 18.0 Å². The molecule has 142 valence electrons. The van der Waals surface area contributed by atoms with Crippen LogP contribution in [-0.2, 0) is 30.4 Å². The number of ether oxygens (including phenoxy) is 3. The normalized spacial score (nSPS) is 21.5. The molecule has 1 aliphatic carbocycles. The van der Waals surface area contributed by atoms with Gasteiger partial charge in [-0.2, -0.15) is 0 Å². The van der Waals surface area contributed by atoms with Gasteiger partial charge in [0.25, 0.3) is 0 Å². The fourth-order valence-electron chi connectivity index (χ4n) is 2.75. The molecule has 2 atom stereocenters. The highest BCUT2D eigenvalue weighted by molar-refractivity contribution is 5.97. The molecule has 0 aliphatic heterocycles. The molecule has 7 nitrogen and oxygen atoms in total. The average Bonchev–Trinajstić information content (AvgIpc) is 3.34. The van der Waals surface area contributed by atoms with Gasteiger partial charge in [0.2, 0.25) is 0 Å². The number of amides is 1. The summed E-state index contributed by atoms with van der Waals surface area (Å²) in [5.74, 6) is -1.98. The zero-order valence-electron chi connectivity index (χ0n) is 15.8. The van der Waals surface area contributed by atoms with Crippen LogP contribution in [0.2, 0.25) is 0 Å². The van der Waals surface area contributed by atoms with Crippen LogP contribution >= 0.6 is 0 Å². The van der Waals surface area contributed by atoms with Gasteiger partial charge in [-0.15, -0.1) is 0 Å². The van der Waals surface area contributed by atoms with Crippen LogP contribution in [0.3, 0.4) is 0 Å². The molecule has 1 amide bonds. The van der Waals surface area contributed by atoms with Gasteiger partial charge in [-0.25, -0.2) is 9.59 Å². The summed E-state index contributed by atoms with van der Waals surface area (Å²) in [7, 11) is 2.68. The van der Waals surface area contributed by atoms with Crippen molar-refractivity contribution < 1.29 is 28.6 Å². The summed E-state index contributed by atoms with van der Waals surface area (Å²) in [5.41, 5.74) is -1.31. The molecule has 2 rings (SSSR count). The first-order valence-corrected chi connectivity index (χ1v) is 8.37. The third kappa shape index (κ3) is 4.15. The summed E-state index contributed by atoms with van der Waals surface area (Å²) < 4.78 is 15.5. The minimum Gasteiger partial charge on any atom is -0.469 e. The molecule has 0 saturated heterocycles. The lowest BCUT2D eigenvalue weighted by Gasteiger charge is -2.30.